The molecule has 5 nitrogen and oxygen atoms in total. The molecule has 0 radical (unpaired) electrons. The number of carboxylic acid groups (broad SMARTS) is 1. The van der Waals surface area contributed by atoms with Crippen LogP contribution in [0.25, 0.3) is 0 Å². The third-order valence-corrected chi connectivity index (χ3v) is 6.04. The standard InChI is InChI=1S/C18H31NO4/c1-6-23-13-11-18(15(21)22,17(13,4)5)19-14(20)12-8-7-9-16(2,3)10-12/h12-13H,6-11H2,1-5H3,(H,19,20)(H,21,22). The van der Waals surface area contributed by atoms with Crippen LogP contribution in [0.4, 0.5) is 0 Å². The first-order valence-corrected chi connectivity index (χ1v) is 8.73. The first kappa shape index (κ1) is 18.2. The van der Waals surface area contributed by atoms with Crippen LogP contribution in [0.1, 0.15) is 66.7 Å². The molecule has 0 saturated heterocycles. The first-order chi connectivity index (χ1) is 10.6. The normalized spacial score (nSPS) is 35.2. The summed E-state index contributed by atoms with van der Waals surface area (Å²) in [7, 11) is 0. The van der Waals surface area contributed by atoms with Crippen LogP contribution in [-0.4, -0.2) is 35.2 Å². The molecule has 5 heteroatoms. The fraction of sp³-hybridized carbons (Fsp3) is 0.889. The highest BCUT2D eigenvalue weighted by Crippen LogP contribution is 2.52. The van der Waals surface area contributed by atoms with Crippen molar-refractivity contribution in [1.82, 2.24) is 5.32 Å². The molecule has 2 N–H and O–H groups in total. The molecule has 2 rings (SSSR count). The Balaban J connectivity index is 2.12. The average Bonchev–Trinajstić information content (AvgIpc) is 2.44. The number of hydrogen-bond donors (Lipinski definition) is 2. The molecule has 2 aliphatic carbocycles. The molecule has 1 amide bonds. The summed E-state index contributed by atoms with van der Waals surface area (Å²) in [6.45, 7) is 10.6. The van der Waals surface area contributed by atoms with E-state index in [1.807, 2.05) is 20.8 Å². The van der Waals surface area contributed by atoms with E-state index in [1.165, 1.54) is 0 Å². The summed E-state index contributed by atoms with van der Waals surface area (Å²) in [5, 5.41) is 12.7. The molecule has 0 spiro atoms. The lowest BCUT2D eigenvalue weighted by Gasteiger charge is -2.58. The van der Waals surface area contributed by atoms with Gasteiger partial charge in [0.15, 0.2) is 0 Å². The fourth-order valence-corrected chi connectivity index (χ4v) is 4.27. The Labute approximate surface area is 139 Å². The van der Waals surface area contributed by atoms with Crippen LogP contribution in [0.3, 0.4) is 0 Å². The van der Waals surface area contributed by atoms with E-state index in [0.29, 0.717) is 13.0 Å². The number of carbonyl (C=O) groups is 2. The van der Waals surface area contributed by atoms with Crippen molar-refractivity contribution < 1.29 is 19.4 Å². The molecular formula is C18H31NO4. The van der Waals surface area contributed by atoms with Gasteiger partial charge in [0.05, 0.1) is 6.10 Å². The van der Waals surface area contributed by atoms with Gasteiger partial charge in [-0.15, -0.1) is 0 Å². The maximum Gasteiger partial charge on any atom is 0.330 e. The van der Waals surface area contributed by atoms with Gasteiger partial charge in [0.1, 0.15) is 5.54 Å². The largest absolute Gasteiger partial charge is 0.479 e. The third kappa shape index (κ3) is 3.12. The minimum absolute atomic E-state index is 0.0862. The van der Waals surface area contributed by atoms with Crippen LogP contribution in [0.5, 0.6) is 0 Å². The van der Waals surface area contributed by atoms with E-state index in [9.17, 15) is 14.7 Å². The molecular weight excluding hydrogens is 294 g/mol. The third-order valence-electron chi connectivity index (χ3n) is 6.04. The Hall–Kier alpha value is -1.10. The number of nitrogens with one attached hydrogen (secondary N) is 1. The van der Waals surface area contributed by atoms with Crippen LogP contribution in [-0.2, 0) is 14.3 Å². The summed E-state index contributed by atoms with van der Waals surface area (Å²) >= 11 is 0. The zero-order valence-corrected chi connectivity index (χ0v) is 15.1. The summed E-state index contributed by atoms with van der Waals surface area (Å²) in [6.07, 6.45) is 4.02. The van der Waals surface area contributed by atoms with Crippen LogP contribution in [0.15, 0.2) is 0 Å². The average molecular weight is 325 g/mol. The lowest BCUT2D eigenvalue weighted by molar-refractivity contribution is -0.195. The number of hydrogen-bond acceptors (Lipinski definition) is 3. The summed E-state index contributed by atoms with van der Waals surface area (Å²) in [5.41, 5.74) is -1.68. The molecule has 3 unspecified atom stereocenters. The molecule has 2 aliphatic rings. The monoisotopic (exact) mass is 325 g/mol. The predicted octanol–water partition coefficient (Wildman–Crippen LogP) is 2.98. The lowest BCUT2D eigenvalue weighted by Crippen LogP contribution is -2.76. The molecule has 0 aromatic carbocycles. The van der Waals surface area contributed by atoms with Crippen molar-refractivity contribution in [1.29, 1.82) is 0 Å². The van der Waals surface area contributed by atoms with Crippen molar-refractivity contribution in [3.8, 4) is 0 Å². The summed E-state index contributed by atoms with van der Waals surface area (Å²) < 4.78 is 5.64. The van der Waals surface area contributed by atoms with Gasteiger partial charge in [0.25, 0.3) is 0 Å². The van der Waals surface area contributed by atoms with Crippen molar-refractivity contribution in [2.24, 2.45) is 16.7 Å². The van der Waals surface area contributed by atoms with Crippen LogP contribution >= 0.6 is 0 Å². The van der Waals surface area contributed by atoms with Crippen molar-refractivity contribution in [3.05, 3.63) is 0 Å². The Bertz CT molecular complexity index is 485. The van der Waals surface area contributed by atoms with Crippen LogP contribution < -0.4 is 5.32 Å². The van der Waals surface area contributed by atoms with E-state index in [-0.39, 0.29) is 23.3 Å². The number of ether oxygens (including phenoxy) is 1. The molecule has 23 heavy (non-hydrogen) atoms. The predicted molar refractivity (Wildman–Crippen MR) is 88.1 cm³/mol. The minimum Gasteiger partial charge on any atom is -0.479 e. The molecule has 0 aliphatic heterocycles. The van der Waals surface area contributed by atoms with Gasteiger partial charge in [-0.25, -0.2) is 4.79 Å². The van der Waals surface area contributed by atoms with Crippen molar-refractivity contribution in [2.45, 2.75) is 78.4 Å². The molecule has 0 aromatic heterocycles. The van der Waals surface area contributed by atoms with Crippen LogP contribution in [0.2, 0.25) is 0 Å². The van der Waals surface area contributed by atoms with Gasteiger partial charge < -0.3 is 15.2 Å². The van der Waals surface area contributed by atoms with Gasteiger partial charge in [-0.05, 0) is 31.6 Å². The van der Waals surface area contributed by atoms with Crippen molar-refractivity contribution >= 4 is 11.9 Å². The Morgan fingerprint density at radius 1 is 1.22 bits per heavy atom. The second-order valence-electron chi connectivity index (χ2n) is 8.53. The van der Waals surface area contributed by atoms with E-state index < -0.39 is 16.9 Å². The van der Waals surface area contributed by atoms with E-state index in [4.69, 9.17) is 4.74 Å². The summed E-state index contributed by atoms with van der Waals surface area (Å²) in [6, 6.07) is 0. The maximum atomic E-state index is 12.7. The molecule has 3 atom stereocenters. The Morgan fingerprint density at radius 3 is 2.35 bits per heavy atom. The highest BCUT2D eigenvalue weighted by atomic mass is 16.5. The minimum atomic E-state index is -1.22. The Morgan fingerprint density at radius 2 is 1.87 bits per heavy atom. The van der Waals surface area contributed by atoms with Gasteiger partial charge >= 0.3 is 5.97 Å². The van der Waals surface area contributed by atoms with Crippen LogP contribution in [0, 0.1) is 16.7 Å². The van der Waals surface area contributed by atoms with E-state index >= 15 is 0 Å². The number of carbonyl (C=O) groups excluding carboxylic acids is 1. The van der Waals surface area contributed by atoms with Gasteiger partial charge in [0.2, 0.25) is 5.91 Å². The smallest absolute Gasteiger partial charge is 0.330 e. The molecule has 132 valence electrons. The number of rotatable bonds is 5. The number of carboxylic acids is 1. The first-order valence-electron chi connectivity index (χ1n) is 8.73. The van der Waals surface area contributed by atoms with E-state index in [0.717, 1.165) is 25.7 Å². The number of aliphatic carboxylic acids is 1. The van der Waals surface area contributed by atoms with Gasteiger partial charge in [0, 0.05) is 24.4 Å². The van der Waals surface area contributed by atoms with Gasteiger partial charge in [-0.1, -0.05) is 34.1 Å². The zero-order valence-electron chi connectivity index (χ0n) is 15.1. The summed E-state index contributed by atoms with van der Waals surface area (Å²) in [4.78, 5) is 24.7. The molecule has 0 aromatic rings. The summed E-state index contributed by atoms with van der Waals surface area (Å²) in [5.74, 6) is -1.15. The molecule has 0 bridgehead atoms. The second kappa shape index (κ2) is 6.08. The van der Waals surface area contributed by atoms with E-state index in [2.05, 4.69) is 19.2 Å². The van der Waals surface area contributed by atoms with Crippen molar-refractivity contribution in [2.75, 3.05) is 6.61 Å². The molecule has 0 heterocycles. The fourth-order valence-electron chi connectivity index (χ4n) is 4.27. The highest BCUT2D eigenvalue weighted by Gasteiger charge is 2.66. The second-order valence-corrected chi connectivity index (χ2v) is 8.53. The SMILES string of the molecule is CCOC1CC(NC(=O)C2CCCC(C)(C)C2)(C(=O)O)C1(C)C. The molecule has 2 saturated carbocycles. The highest BCUT2D eigenvalue weighted by molar-refractivity contribution is 5.90. The van der Waals surface area contributed by atoms with E-state index in [1.54, 1.807) is 0 Å². The quantitative estimate of drug-likeness (QED) is 0.815. The zero-order chi connectivity index (χ0) is 17.5. The lowest BCUT2D eigenvalue weighted by atomic mass is 9.54. The maximum absolute atomic E-state index is 12.7. The Kier molecular flexibility index (Phi) is 4.82. The topological polar surface area (TPSA) is 75.6 Å². The van der Waals surface area contributed by atoms with Crippen molar-refractivity contribution in [3.63, 3.8) is 0 Å². The molecule has 2 fully saturated rings. The van der Waals surface area contributed by atoms with Gasteiger partial charge in [-0.3, -0.25) is 4.79 Å². The number of amides is 1. The van der Waals surface area contributed by atoms with Gasteiger partial charge in [-0.2, -0.15) is 0 Å².